The van der Waals surface area contributed by atoms with Gasteiger partial charge in [-0.3, -0.25) is 0 Å². The van der Waals surface area contributed by atoms with Crippen molar-refractivity contribution in [1.29, 1.82) is 0 Å². The van der Waals surface area contributed by atoms with Crippen LogP contribution in [-0.4, -0.2) is 28.5 Å². The number of unbranched alkanes of at least 4 members (excludes halogenated alkanes) is 1. The van der Waals surface area contributed by atoms with Crippen LogP contribution in [-0.2, 0) is 6.42 Å². The molecule has 0 unspecified atom stereocenters. The lowest BCUT2D eigenvalue weighted by atomic mass is 10.2. The van der Waals surface area contributed by atoms with Crippen LogP contribution in [0.1, 0.15) is 31.2 Å². The van der Waals surface area contributed by atoms with Gasteiger partial charge in [0.25, 0.3) is 0 Å². The van der Waals surface area contributed by atoms with Crippen LogP contribution in [0.15, 0.2) is 0 Å². The number of hydrogen-bond donors (Lipinski definition) is 3. The number of nitrogens with one attached hydrogen (secondary N) is 2. The van der Waals surface area contributed by atoms with Crippen LogP contribution in [0.3, 0.4) is 0 Å². The summed E-state index contributed by atoms with van der Waals surface area (Å²) in [6.45, 7) is 4.94. The Morgan fingerprint density at radius 1 is 1.22 bits per heavy atom. The molecule has 0 saturated heterocycles. The molecule has 0 radical (unpaired) electrons. The van der Waals surface area contributed by atoms with Gasteiger partial charge in [-0.25, -0.2) is 15.8 Å². The minimum atomic E-state index is 0.702. The molecule has 1 aromatic rings. The van der Waals surface area contributed by atoms with Crippen LogP contribution in [0.5, 0.6) is 0 Å². The number of nitrogens with two attached hydrogens (primary N) is 1. The summed E-state index contributed by atoms with van der Waals surface area (Å²) in [4.78, 5) is 8.83. The Hall–Kier alpha value is -1.01. The third-order valence-corrected chi connectivity index (χ3v) is 3.41. The summed E-state index contributed by atoms with van der Waals surface area (Å²) in [7, 11) is 0. The lowest BCUT2D eigenvalue weighted by Gasteiger charge is -2.13. The van der Waals surface area contributed by atoms with Gasteiger partial charge in [0.1, 0.15) is 17.5 Å². The molecule has 0 saturated carbocycles. The number of aromatic nitrogens is 2. The van der Waals surface area contributed by atoms with Gasteiger partial charge in [0, 0.05) is 18.5 Å². The standard InChI is InChI=1S/C12H23N5S/c1-4-10-15-11(9(2)12(16-10)17-13)14-7-5-6-8-18-3/h4-8,13H2,1-3H3,(H2,14,15,16,17). The fourth-order valence-corrected chi connectivity index (χ4v) is 2.10. The molecule has 0 aromatic carbocycles. The van der Waals surface area contributed by atoms with E-state index in [-0.39, 0.29) is 0 Å². The number of aryl methyl sites for hydroxylation is 1. The van der Waals surface area contributed by atoms with Gasteiger partial charge < -0.3 is 10.7 Å². The van der Waals surface area contributed by atoms with Gasteiger partial charge in [-0.1, -0.05) is 6.92 Å². The maximum Gasteiger partial charge on any atom is 0.148 e. The highest BCUT2D eigenvalue weighted by atomic mass is 32.2. The first kappa shape index (κ1) is 15.0. The zero-order valence-corrected chi connectivity index (χ0v) is 12.2. The number of rotatable bonds is 8. The van der Waals surface area contributed by atoms with E-state index in [9.17, 15) is 0 Å². The second-order valence-electron chi connectivity index (χ2n) is 4.09. The normalized spacial score (nSPS) is 10.4. The van der Waals surface area contributed by atoms with E-state index in [0.717, 1.165) is 36.6 Å². The molecule has 0 aliphatic heterocycles. The Morgan fingerprint density at radius 2 is 1.94 bits per heavy atom. The highest BCUT2D eigenvalue weighted by molar-refractivity contribution is 7.98. The Kier molecular flexibility index (Phi) is 6.82. The number of thioether (sulfide) groups is 1. The van der Waals surface area contributed by atoms with Crippen molar-refractivity contribution in [3.63, 3.8) is 0 Å². The first-order valence-electron chi connectivity index (χ1n) is 6.29. The average molecular weight is 269 g/mol. The summed E-state index contributed by atoms with van der Waals surface area (Å²) >= 11 is 1.88. The molecule has 0 spiro atoms. The number of hydrazine groups is 1. The number of anilines is 2. The van der Waals surface area contributed by atoms with Crippen molar-refractivity contribution in [2.45, 2.75) is 33.1 Å². The van der Waals surface area contributed by atoms with Crippen molar-refractivity contribution in [1.82, 2.24) is 9.97 Å². The van der Waals surface area contributed by atoms with Crippen molar-refractivity contribution in [3.8, 4) is 0 Å². The molecule has 0 aliphatic carbocycles. The average Bonchev–Trinajstić information content (AvgIpc) is 2.40. The van der Waals surface area contributed by atoms with Crippen LogP contribution in [0.2, 0.25) is 0 Å². The molecule has 0 fully saturated rings. The predicted molar refractivity (Wildman–Crippen MR) is 80.1 cm³/mol. The highest BCUT2D eigenvalue weighted by Crippen LogP contribution is 2.19. The first-order chi connectivity index (χ1) is 8.72. The van der Waals surface area contributed by atoms with Crippen molar-refractivity contribution < 1.29 is 0 Å². The molecular weight excluding hydrogens is 246 g/mol. The molecule has 1 aromatic heterocycles. The van der Waals surface area contributed by atoms with Gasteiger partial charge in [-0.2, -0.15) is 11.8 Å². The van der Waals surface area contributed by atoms with E-state index in [2.05, 4.69) is 27.0 Å². The summed E-state index contributed by atoms with van der Waals surface area (Å²) in [5.74, 6) is 9.07. The second-order valence-corrected chi connectivity index (χ2v) is 5.07. The van der Waals surface area contributed by atoms with Crippen LogP contribution in [0.4, 0.5) is 11.6 Å². The quantitative estimate of drug-likeness (QED) is 0.381. The maximum atomic E-state index is 5.47. The third-order valence-electron chi connectivity index (χ3n) is 2.71. The second kappa shape index (κ2) is 8.16. The summed E-state index contributed by atoms with van der Waals surface area (Å²) in [5, 5.41) is 3.37. The van der Waals surface area contributed by atoms with Gasteiger partial charge in [-0.05, 0) is 31.8 Å². The van der Waals surface area contributed by atoms with Crippen LogP contribution in [0, 0.1) is 6.92 Å². The fraction of sp³-hybridized carbons (Fsp3) is 0.667. The molecule has 1 rings (SSSR count). The van der Waals surface area contributed by atoms with Gasteiger partial charge in [0.15, 0.2) is 0 Å². The van der Waals surface area contributed by atoms with Gasteiger partial charge >= 0.3 is 0 Å². The maximum absolute atomic E-state index is 5.47. The Balaban J connectivity index is 2.63. The molecule has 4 N–H and O–H groups in total. The zero-order chi connectivity index (χ0) is 13.4. The molecule has 0 aliphatic rings. The molecular formula is C12H23N5S. The zero-order valence-electron chi connectivity index (χ0n) is 11.4. The fourth-order valence-electron chi connectivity index (χ4n) is 1.61. The van der Waals surface area contributed by atoms with Crippen LogP contribution < -0.4 is 16.6 Å². The molecule has 6 heteroatoms. The smallest absolute Gasteiger partial charge is 0.148 e. The Labute approximate surface area is 113 Å². The number of nitrogens with zero attached hydrogens (tertiary/aromatic N) is 2. The van der Waals surface area contributed by atoms with Crippen molar-refractivity contribution in [2.24, 2.45) is 5.84 Å². The summed E-state index contributed by atoms with van der Waals surface area (Å²) in [5.41, 5.74) is 3.60. The lowest BCUT2D eigenvalue weighted by molar-refractivity contribution is 0.832. The molecule has 102 valence electrons. The minimum Gasteiger partial charge on any atom is -0.370 e. The Bertz CT molecular complexity index is 370. The third kappa shape index (κ3) is 4.34. The molecule has 0 amide bonds. The van der Waals surface area contributed by atoms with E-state index in [1.165, 1.54) is 12.2 Å². The molecule has 1 heterocycles. The topological polar surface area (TPSA) is 75.9 Å². The molecule has 0 bridgehead atoms. The number of hydrogen-bond acceptors (Lipinski definition) is 6. The van der Waals surface area contributed by atoms with Gasteiger partial charge in [0.2, 0.25) is 0 Å². The van der Waals surface area contributed by atoms with E-state index < -0.39 is 0 Å². The van der Waals surface area contributed by atoms with E-state index in [0.29, 0.717) is 5.82 Å². The molecule has 5 nitrogen and oxygen atoms in total. The monoisotopic (exact) mass is 269 g/mol. The van der Waals surface area contributed by atoms with E-state index in [1.807, 2.05) is 25.6 Å². The van der Waals surface area contributed by atoms with Crippen molar-refractivity contribution >= 4 is 23.4 Å². The SMILES string of the molecule is CCc1nc(NN)c(C)c(NCCCCSC)n1. The molecule has 0 atom stereocenters. The summed E-state index contributed by atoms with van der Waals surface area (Å²) in [6.07, 6.45) is 5.31. The van der Waals surface area contributed by atoms with Gasteiger partial charge in [0.05, 0.1) is 0 Å². The first-order valence-corrected chi connectivity index (χ1v) is 7.69. The van der Waals surface area contributed by atoms with E-state index in [4.69, 9.17) is 5.84 Å². The van der Waals surface area contributed by atoms with E-state index >= 15 is 0 Å². The van der Waals surface area contributed by atoms with Crippen molar-refractivity contribution in [2.75, 3.05) is 29.3 Å². The lowest BCUT2D eigenvalue weighted by Crippen LogP contribution is -2.15. The van der Waals surface area contributed by atoms with Gasteiger partial charge in [-0.15, -0.1) is 0 Å². The Morgan fingerprint density at radius 3 is 2.56 bits per heavy atom. The number of nitrogen functional groups attached to an aromatic ring is 1. The van der Waals surface area contributed by atoms with E-state index in [1.54, 1.807) is 0 Å². The van der Waals surface area contributed by atoms with Crippen molar-refractivity contribution in [3.05, 3.63) is 11.4 Å². The minimum absolute atomic E-state index is 0.702. The summed E-state index contributed by atoms with van der Waals surface area (Å²) in [6, 6.07) is 0. The summed E-state index contributed by atoms with van der Waals surface area (Å²) < 4.78 is 0. The largest absolute Gasteiger partial charge is 0.370 e. The van der Waals surface area contributed by atoms with Crippen LogP contribution in [0.25, 0.3) is 0 Å². The van der Waals surface area contributed by atoms with Crippen LogP contribution >= 0.6 is 11.8 Å². The highest BCUT2D eigenvalue weighted by Gasteiger charge is 2.08. The molecule has 18 heavy (non-hydrogen) atoms. The predicted octanol–water partition coefficient (Wildman–Crippen LogP) is 2.19.